The quantitative estimate of drug-likeness (QED) is 0.746. The van der Waals surface area contributed by atoms with Crippen molar-refractivity contribution < 1.29 is 0 Å². The average Bonchev–Trinajstić information content (AvgIpc) is 2.88. The minimum Gasteiger partial charge on any atom is -0.398 e. The van der Waals surface area contributed by atoms with E-state index in [-0.39, 0.29) is 0 Å². The highest BCUT2D eigenvalue weighted by Gasteiger charge is 2.06. The van der Waals surface area contributed by atoms with Crippen LogP contribution in [0.25, 0.3) is 5.65 Å². The Hall–Kier alpha value is -2.52. The van der Waals surface area contributed by atoms with E-state index in [1.807, 2.05) is 40.9 Å². The molecule has 2 N–H and O–H groups in total. The lowest BCUT2D eigenvalue weighted by Crippen LogP contribution is -1.92. The second kappa shape index (κ2) is 5.23. The van der Waals surface area contributed by atoms with Gasteiger partial charge >= 0.3 is 0 Å². The number of hydrogen-bond donors (Lipinski definition) is 1. The van der Waals surface area contributed by atoms with Crippen LogP contribution in [0.15, 0.2) is 47.8 Å². The maximum atomic E-state index is 8.76. The van der Waals surface area contributed by atoms with Gasteiger partial charge in [0.2, 0.25) is 0 Å². The number of rotatable bonds is 3. The summed E-state index contributed by atoms with van der Waals surface area (Å²) in [5, 5.41) is 17.8. The summed E-state index contributed by atoms with van der Waals surface area (Å²) in [5.74, 6) is 0.765. The molecule has 98 valence electrons. The van der Waals surface area contributed by atoms with Gasteiger partial charge in [-0.25, -0.2) is 0 Å². The number of nitriles is 1. The number of thioether (sulfide) groups is 1. The van der Waals surface area contributed by atoms with Crippen LogP contribution in [0, 0.1) is 11.3 Å². The Bertz CT molecular complexity index is 785. The number of fused-ring (bicyclic) bond motifs is 1. The third-order valence-corrected chi connectivity index (χ3v) is 3.86. The van der Waals surface area contributed by atoms with Gasteiger partial charge in [-0.05, 0) is 29.8 Å². The Morgan fingerprint density at radius 1 is 1.15 bits per heavy atom. The van der Waals surface area contributed by atoms with Gasteiger partial charge in [-0.15, -0.1) is 10.2 Å². The fraction of sp³-hybridized carbons (Fsp3) is 0.0714. The Balaban J connectivity index is 1.79. The molecule has 0 bridgehead atoms. The van der Waals surface area contributed by atoms with Gasteiger partial charge in [-0.1, -0.05) is 23.9 Å². The molecule has 2 heterocycles. The van der Waals surface area contributed by atoms with Gasteiger partial charge < -0.3 is 5.73 Å². The van der Waals surface area contributed by atoms with E-state index in [4.69, 9.17) is 11.0 Å². The highest BCUT2D eigenvalue weighted by Crippen LogP contribution is 2.22. The van der Waals surface area contributed by atoms with Crippen LogP contribution in [0.2, 0.25) is 0 Å². The predicted octanol–water partition coefficient (Wildman–Crippen LogP) is 2.48. The summed E-state index contributed by atoms with van der Waals surface area (Å²) in [7, 11) is 0. The van der Waals surface area contributed by atoms with Crippen LogP contribution in [-0.2, 0) is 5.75 Å². The second-order valence-electron chi connectivity index (χ2n) is 4.27. The number of nitrogens with two attached hydrogens (primary N) is 1. The fourth-order valence-electron chi connectivity index (χ4n) is 1.81. The molecule has 0 radical (unpaired) electrons. The molecule has 0 fully saturated rings. The van der Waals surface area contributed by atoms with Crippen LogP contribution >= 0.6 is 11.8 Å². The monoisotopic (exact) mass is 281 g/mol. The lowest BCUT2D eigenvalue weighted by atomic mass is 10.2. The molecule has 0 aliphatic carbocycles. The van der Waals surface area contributed by atoms with E-state index in [0.717, 1.165) is 22.1 Å². The molecular weight excluding hydrogens is 270 g/mol. The molecule has 0 saturated carbocycles. The lowest BCUT2D eigenvalue weighted by molar-refractivity contribution is 0.922. The van der Waals surface area contributed by atoms with Crippen molar-refractivity contribution in [3.05, 3.63) is 53.7 Å². The third-order valence-electron chi connectivity index (χ3n) is 2.84. The van der Waals surface area contributed by atoms with Gasteiger partial charge in [0.1, 0.15) is 0 Å². The van der Waals surface area contributed by atoms with Crippen LogP contribution < -0.4 is 5.73 Å². The first kappa shape index (κ1) is 12.5. The fourth-order valence-corrected chi connectivity index (χ4v) is 2.68. The Morgan fingerprint density at radius 3 is 2.70 bits per heavy atom. The minimum atomic E-state index is 0.666. The van der Waals surface area contributed by atoms with E-state index in [2.05, 4.69) is 16.3 Å². The lowest BCUT2D eigenvalue weighted by Gasteiger charge is -2.01. The molecule has 0 saturated heterocycles. The molecule has 0 aliphatic heterocycles. The number of nitrogens with zero attached hydrogens (tertiary/aromatic N) is 4. The van der Waals surface area contributed by atoms with Crippen molar-refractivity contribution >= 4 is 23.1 Å². The highest BCUT2D eigenvalue weighted by molar-refractivity contribution is 7.98. The highest BCUT2D eigenvalue weighted by atomic mass is 32.2. The molecule has 3 rings (SSSR count). The molecule has 0 spiro atoms. The van der Waals surface area contributed by atoms with Crippen molar-refractivity contribution in [2.24, 2.45) is 0 Å². The summed E-state index contributed by atoms with van der Waals surface area (Å²) >= 11 is 1.58. The number of hydrogen-bond acceptors (Lipinski definition) is 5. The Kier molecular flexibility index (Phi) is 3.27. The van der Waals surface area contributed by atoms with Gasteiger partial charge in [-0.2, -0.15) is 5.26 Å². The molecule has 0 amide bonds. The molecule has 5 nitrogen and oxygen atoms in total. The summed E-state index contributed by atoms with van der Waals surface area (Å²) in [6.07, 6.45) is 1.82. The molecule has 20 heavy (non-hydrogen) atoms. The summed E-state index contributed by atoms with van der Waals surface area (Å²) in [5.41, 5.74) is 9.03. The van der Waals surface area contributed by atoms with Crippen LogP contribution in [0.1, 0.15) is 11.1 Å². The standard InChI is InChI=1S/C14H11N5S/c15-7-10-1-3-11(4-2-10)9-20-14-18-17-13-6-5-12(16)8-19(13)14/h1-6,8H,9,16H2. The van der Waals surface area contributed by atoms with E-state index >= 15 is 0 Å². The summed E-state index contributed by atoms with van der Waals surface area (Å²) < 4.78 is 1.88. The molecule has 0 atom stereocenters. The van der Waals surface area contributed by atoms with Gasteiger partial charge in [0.05, 0.1) is 11.6 Å². The molecule has 0 aliphatic rings. The second-order valence-corrected chi connectivity index (χ2v) is 5.21. The first-order valence-corrected chi connectivity index (χ1v) is 6.97. The molecule has 6 heteroatoms. The van der Waals surface area contributed by atoms with E-state index in [9.17, 15) is 0 Å². The maximum absolute atomic E-state index is 8.76. The van der Waals surface area contributed by atoms with E-state index in [1.165, 1.54) is 0 Å². The summed E-state index contributed by atoms with van der Waals surface area (Å²) in [4.78, 5) is 0. The summed E-state index contributed by atoms with van der Waals surface area (Å²) in [6.45, 7) is 0. The van der Waals surface area contributed by atoms with Crippen molar-refractivity contribution in [1.82, 2.24) is 14.6 Å². The molecule has 0 unspecified atom stereocenters. The number of benzene rings is 1. The van der Waals surface area contributed by atoms with Gasteiger partial charge in [0.25, 0.3) is 0 Å². The third kappa shape index (κ3) is 2.44. The molecular formula is C14H11N5S. The zero-order valence-electron chi connectivity index (χ0n) is 10.5. The van der Waals surface area contributed by atoms with Crippen LogP contribution in [0.4, 0.5) is 5.69 Å². The van der Waals surface area contributed by atoms with E-state index < -0.39 is 0 Å². The van der Waals surface area contributed by atoms with Gasteiger partial charge in [0.15, 0.2) is 10.8 Å². The first-order chi connectivity index (χ1) is 9.76. The largest absolute Gasteiger partial charge is 0.398 e. The molecule has 3 aromatic rings. The minimum absolute atomic E-state index is 0.666. The normalized spacial score (nSPS) is 10.6. The average molecular weight is 281 g/mol. The SMILES string of the molecule is N#Cc1ccc(CSc2nnc3ccc(N)cn23)cc1. The van der Waals surface area contributed by atoms with E-state index in [1.54, 1.807) is 17.8 Å². The molecule has 2 aromatic heterocycles. The number of aromatic nitrogens is 3. The van der Waals surface area contributed by atoms with Gasteiger partial charge in [0, 0.05) is 17.6 Å². The van der Waals surface area contributed by atoms with E-state index in [0.29, 0.717) is 11.3 Å². The zero-order chi connectivity index (χ0) is 13.9. The van der Waals surface area contributed by atoms with Crippen molar-refractivity contribution in [1.29, 1.82) is 5.26 Å². The van der Waals surface area contributed by atoms with Crippen LogP contribution in [0.5, 0.6) is 0 Å². The van der Waals surface area contributed by atoms with Crippen molar-refractivity contribution in [3.8, 4) is 6.07 Å². The number of pyridine rings is 1. The Labute approximate surface area is 120 Å². The maximum Gasteiger partial charge on any atom is 0.195 e. The van der Waals surface area contributed by atoms with Crippen molar-refractivity contribution in [2.45, 2.75) is 10.9 Å². The zero-order valence-corrected chi connectivity index (χ0v) is 11.3. The van der Waals surface area contributed by atoms with Gasteiger partial charge in [-0.3, -0.25) is 4.40 Å². The summed E-state index contributed by atoms with van der Waals surface area (Å²) in [6, 6.07) is 13.3. The van der Waals surface area contributed by atoms with Crippen LogP contribution in [0.3, 0.4) is 0 Å². The predicted molar refractivity (Wildman–Crippen MR) is 78.1 cm³/mol. The molecule has 1 aromatic carbocycles. The van der Waals surface area contributed by atoms with Crippen molar-refractivity contribution in [3.63, 3.8) is 0 Å². The van der Waals surface area contributed by atoms with Crippen LogP contribution in [-0.4, -0.2) is 14.6 Å². The Morgan fingerprint density at radius 2 is 1.95 bits per heavy atom. The topological polar surface area (TPSA) is 80.0 Å². The number of nitrogen functional groups attached to an aromatic ring is 1. The number of anilines is 1. The van der Waals surface area contributed by atoms with Crippen molar-refractivity contribution in [2.75, 3.05) is 5.73 Å². The smallest absolute Gasteiger partial charge is 0.195 e. The first-order valence-electron chi connectivity index (χ1n) is 5.98.